The summed E-state index contributed by atoms with van der Waals surface area (Å²) in [5.41, 5.74) is 2.08. The number of hydrogen-bond donors (Lipinski definition) is 3. The molecule has 0 aliphatic rings. The second-order valence-electron chi connectivity index (χ2n) is 4.49. The van der Waals surface area contributed by atoms with Crippen molar-refractivity contribution in [3.05, 3.63) is 35.5 Å². The Hall–Kier alpha value is -1.57. The number of nitrogens with zero attached hydrogens (tertiary/aromatic N) is 1. The van der Waals surface area contributed by atoms with Crippen LogP contribution in [0.5, 0.6) is 5.75 Å². The number of thiazole rings is 1. The van der Waals surface area contributed by atoms with Gasteiger partial charge in [0.25, 0.3) is 0 Å². The van der Waals surface area contributed by atoms with Crippen LogP contribution in [0.15, 0.2) is 28.5 Å². The van der Waals surface area contributed by atoms with Crippen molar-refractivity contribution < 1.29 is 9.90 Å². The third-order valence-corrected chi connectivity index (χ3v) is 4.85. The topological polar surface area (TPSA) is 74.2 Å². The van der Waals surface area contributed by atoms with Gasteiger partial charge in [-0.25, -0.2) is 4.98 Å². The summed E-state index contributed by atoms with van der Waals surface area (Å²) < 4.78 is 4.33. The largest absolute Gasteiger partial charge is 0.508 e. The molecule has 1 amide bonds. The van der Waals surface area contributed by atoms with Crippen molar-refractivity contribution in [1.29, 1.82) is 0 Å². The van der Waals surface area contributed by atoms with E-state index >= 15 is 0 Å². The Labute approximate surface area is 131 Å². The van der Waals surface area contributed by atoms with E-state index in [4.69, 9.17) is 0 Å². The molecule has 1 heterocycles. The zero-order chi connectivity index (χ0) is 15.2. The van der Waals surface area contributed by atoms with E-state index in [1.54, 1.807) is 12.1 Å². The number of rotatable bonds is 6. The van der Waals surface area contributed by atoms with Crippen LogP contribution in [0, 0.1) is 6.92 Å². The summed E-state index contributed by atoms with van der Waals surface area (Å²) in [5.74, 6) is 0.174. The summed E-state index contributed by atoms with van der Waals surface area (Å²) in [4.78, 5) is 15.3. The van der Waals surface area contributed by atoms with Crippen molar-refractivity contribution in [2.75, 3.05) is 11.9 Å². The van der Waals surface area contributed by atoms with E-state index < -0.39 is 0 Å². The number of nitrogens with one attached hydrogen (secondary N) is 2. The SMILES string of the molecule is CC(=O)Nc1nc(C)c(SNCCc2ccc(O)cc2)s1. The molecule has 2 rings (SSSR count). The molecule has 2 aromatic rings. The Morgan fingerprint density at radius 1 is 1.38 bits per heavy atom. The molecule has 112 valence electrons. The highest BCUT2D eigenvalue weighted by molar-refractivity contribution is 7.99. The number of hydrogen-bond acceptors (Lipinski definition) is 6. The predicted octanol–water partition coefficient (Wildman–Crippen LogP) is 2.95. The lowest BCUT2D eigenvalue weighted by molar-refractivity contribution is -0.114. The van der Waals surface area contributed by atoms with Gasteiger partial charge >= 0.3 is 0 Å². The number of amides is 1. The average Bonchev–Trinajstić information content (AvgIpc) is 2.76. The van der Waals surface area contributed by atoms with E-state index in [0.29, 0.717) is 5.13 Å². The monoisotopic (exact) mass is 323 g/mol. The van der Waals surface area contributed by atoms with Crippen molar-refractivity contribution >= 4 is 34.3 Å². The van der Waals surface area contributed by atoms with E-state index in [1.807, 2.05) is 19.1 Å². The van der Waals surface area contributed by atoms with Crippen molar-refractivity contribution in [2.45, 2.75) is 24.5 Å². The third kappa shape index (κ3) is 5.04. The zero-order valence-corrected chi connectivity index (χ0v) is 13.5. The van der Waals surface area contributed by atoms with Crippen molar-refractivity contribution in [3.63, 3.8) is 0 Å². The summed E-state index contributed by atoms with van der Waals surface area (Å²) in [7, 11) is 0. The molecule has 0 aliphatic heterocycles. The fourth-order valence-electron chi connectivity index (χ4n) is 1.66. The van der Waals surface area contributed by atoms with Crippen molar-refractivity contribution in [1.82, 2.24) is 9.71 Å². The van der Waals surface area contributed by atoms with E-state index in [0.717, 1.165) is 22.9 Å². The lowest BCUT2D eigenvalue weighted by atomic mass is 10.1. The number of phenolic OH excluding ortho intramolecular Hbond substituents is 1. The lowest BCUT2D eigenvalue weighted by Gasteiger charge is -2.03. The molecule has 0 atom stereocenters. The van der Waals surface area contributed by atoms with Gasteiger partial charge in [-0.2, -0.15) is 0 Å². The van der Waals surface area contributed by atoms with Gasteiger partial charge in [0.1, 0.15) is 5.75 Å². The summed E-state index contributed by atoms with van der Waals surface area (Å²) in [5, 5.41) is 12.5. The van der Waals surface area contributed by atoms with E-state index in [2.05, 4.69) is 15.0 Å². The molecule has 1 aromatic heterocycles. The Morgan fingerprint density at radius 3 is 2.76 bits per heavy atom. The van der Waals surface area contributed by atoms with Gasteiger partial charge in [0.15, 0.2) is 5.13 Å². The Kier molecular flexibility index (Phi) is 5.60. The maximum Gasteiger partial charge on any atom is 0.223 e. The first-order valence-corrected chi connectivity index (χ1v) is 8.10. The van der Waals surface area contributed by atoms with Crippen LogP contribution in [0.4, 0.5) is 5.13 Å². The smallest absolute Gasteiger partial charge is 0.223 e. The van der Waals surface area contributed by atoms with Gasteiger partial charge in [-0.1, -0.05) is 23.5 Å². The minimum atomic E-state index is -0.111. The summed E-state index contributed by atoms with van der Waals surface area (Å²) in [6.45, 7) is 4.20. The van der Waals surface area contributed by atoms with Crippen molar-refractivity contribution in [3.8, 4) is 5.75 Å². The van der Waals surface area contributed by atoms with Gasteiger partial charge in [-0.3, -0.25) is 9.52 Å². The highest BCUT2D eigenvalue weighted by Crippen LogP contribution is 2.30. The molecule has 0 fully saturated rings. The fraction of sp³-hybridized carbons (Fsp3) is 0.286. The lowest BCUT2D eigenvalue weighted by Crippen LogP contribution is -2.08. The molecule has 0 saturated heterocycles. The van der Waals surface area contributed by atoms with Gasteiger partial charge in [0, 0.05) is 13.5 Å². The minimum absolute atomic E-state index is 0.111. The second-order valence-corrected chi connectivity index (χ2v) is 6.64. The molecule has 21 heavy (non-hydrogen) atoms. The molecule has 5 nitrogen and oxygen atoms in total. The van der Waals surface area contributed by atoms with Crippen LogP contribution in [-0.2, 0) is 11.2 Å². The summed E-state index contributed by atoms with van der Waals surface area (Å²) >= 11 is 2.98. The standard InChI is InChI=1S/C14H17N3O2S2/c1-9-13(20-14(16-9)17-10(2)18)21-15-8-7-11-3-5-12(19)6-4-11/h3-6,15,19H,7-8H2,1-2H3,(H,16,17,18). The molecule has 0 unspecified atom stereocenters. The predicted molar refractivity (Wildman–Crippen MR) is 86.8 cm³/mol. The van der Waals surface area contributed by atoms with Gasteiger partial charge in [0.2, 0.25) is 5.91 Å². The van der Waals surface area contributed by atoms with Crippen molar-refractivity contribution in [2.24, 2.45) is 0 Å². The van der Waals surface area contributed by atoms with Crippen LogP contribution < -0.4 is 10.0 Å². The van der Waals surface area contributed by atoms with Crippen LogP contribution >= 0.6 is 23.3 Å². The first-order chi connectivity index (χ1) is 10.0. The van der Waals surface area contributed by atoms with Gasteiger partial charge in [-0.15, -0.1) is 0 Å². The minimum Gasteiger partial charge on any atom is -0.508 e. The number of aromatic hydroxyl groups is 1. The first kappa shape index (κ1) is 15.8. The number of carbonyl (C=O) groups excluding carboxylic acids is 1. The maximum absolute atomic E-state index is 11.0. The van der Waals surface area contributed by atoms with Gasteiger partial charge < -0.3 is 10.4 Å². The van der Waals surface area contributed by atoms with Crippen LogP contribution in [0.2, 0.25) is 0 Å². The van der Waals surface area contributed by atoms with Crippen LogP contribution in [0.25, 0.3) is 0 Å². The zero-order valence-electron chi connectivity index (χ0n) is 11.8. The summed E-state index contributed by atoms with van der Waals surface area (Å²) in [6.07, 6.45) is 0.879. The molecule has 0 radical (unpaired) electrons. The molecular formula is C14H17N3O2S2. The molecule has 0 aliphatic carbocycles. The van der Waals surface area contributed by atoms with Crippen LogP contribution in [-0.4, -0.2) is 22.5 Å². The first-order valence-electron chi connectivity index (χ1n) is 6.47. The number of phenols is 1. The number of carbonyl (C=O) groups is 1. The Balaban J connectivity index is 1.79. The normalized spacial score (nSPS) is 10.6. The number of aryl methyl sites for hydroxylation is 1. The van der Waals surface area contributed by atoms with Crippen LogP contribution in [0.3, 0.4) is 0 Å². The highest BCUT2D eigenvalue weighted by Gasteiger charge is 2.08. The second kappa shape index (κ2) is 7.44. The van der Waals surface area contributed by atoms with E-state index in [-0.39, 0.29) is 11.7 Å². The molecule has 0 bridgehead atoms. The number of aromatic nitrogens is 1. The Morgan fingerprint density at radius 2 is 2.10 bits per heavy atom. The molecule has 1 aromatic carbocycles. The average molecular weight is 323 g/mol. The Bertz CT molecular complexity index is 611. The van der Waals surface area contributed by atoms with Crippen LogP contribution in [0.1, 0.15) is 18.2 Å². The molecular weight excluding hydrogens is 306 g/mol. The molecule has 3 N–H and O–H groups in total. The van der Waals surface area contributed by atoms with Gasteiger partial charge in [0.05, 0.1) is 9.90 Å². The number of benzene rings is 1. The molecule has 7 heteroatoms. The molecule has 0 saturated carbocycles. The highest BCUT2D eigenvalue weighted by atomic mass is 32.2. The molecule has 0 spiro atoms. The third-order valence-electron chi connectivity index (χ3n) is 2.65. The van der Waals surface area contributed by atoms with Gasteiger partial charge in [-0.05, 0) is 43.0 Å². The quantitative estimate of drug-likeness (QED) is 0.563. The number of anilines is 1. The fourth-order valence-corrected chi connectivity index (χ4v) is 3.51. The van der Waals surface area contributed by atoms with E-state index in [1.165, 1.54) is 35.8 Å². The van der Waals surface area contributed by atoms with E-state index in [9.17, 15) is 9.90 Å². The maximum atomic E-state index is 11.0. The summed E-state index contributed by atoms with van der Waals surface area (Å²) in [6, 6.07) is 7.20.